The van der Waals surface area contributed by atoms with Crippen LogP contribution in [0.25, 0.3) is 0 Å². The van der Waals surface area contributed by atoms with Crippen molar-refractivity contribution in [1.82, 2.24) is 0 Å². The van der Waals surface area contributed by atoms with Crippen molar-refractivity contribution in [2.75, 3.05) is 0 Å². The molecule has 0 aromatic heterocycles. The Morgan fingerprint density at radius 2 is 1.21 bits per heavy atom. The molecule has 2 heteroatoms. The molecule has 0 aromatic carbocycles. The van der Waals surface area contributed by atoms with Crippen molar-refractivity contribution in [3.8, 4) is 0 Å². The molecule has 1 aliphatic heterocycles. The van der Waals surface area contributed by atoms with Crippen LogP contribution in [0, 0.1) is 5.92 Å². The molecule has 1 saturated heterocycles. The highest BCUT2D eigenvalue weighted by Gasteiger charge is 2.27. The van der Waals surface area contributed by atoms with E-state index >= 15 is 0 Å². The summed E-state index contributed by atoms with van der Waals surface area (Å²) in [4.78, 5) is 11.0. The predicted octanol–water partition coefficient (Wildman–Crippen LogP) is 8.99. The van der Waals surface area contributed by atoms with Crippen molar-refractivity contribution in [2.24, 2.45) is 5.92 Å². The number of hydrogen-bond acceptors (Lipinski definition) is 2. The molecule has 29 heavy (non-hydrogen) atoms. The summed E-state index contributed by atoms with van der Waals surface area (Å²) in [6.45, 7) is 16.6. The fourth-order valence-electron chi connectivity index (χ4n) is 2.45. The molecule has 1 rings (SSSR count). The van der Waals surface area contributed by atoms with Crippen molar-refractivity contribution in [3.05, 3.63) is 48.6 Å². The van der Waals surface area contributed by atoms with Gasteiger partial charge in [0.25, 0.3) is 0 Å². The Hall–Kier alpha value is -1.57. The van der Waals surface area contributed by atoms with E-state index in [1.807, 2.05) is 27.7 Å². The van der Waals surface area contributed by atoms with Crippen molar-refractivity contribution in [2.45, 2.75) is 113 Å². The first-order chi connectivity index (χ1) is 14.2. The van der Waals surface area contributed by atoms with E-state index in [0.717, 1.165) is 32.1 Å². The molecule has 1 heterocycles. The minimum atomic E-state index is -0.0381. The Labute approximate surface area is 183 Å². The maximum absolute atomic E-state index is 11.0. The number of cyclic esters (lactones) is 1. The molecule has 0 spiro atoms. The average molecular weight is 407 g/mol. The molecule has 0 amide bonds. The third-order valence-electron chi connectivity index (χ3n) is 3.98. The van der Waals surface area contributed by atoms with Crippen molar-refractivity contribution < 1.29 is 9.53 Å². The van der Waals surface area contributed by atoms with Gasteiger partial charge in [0, 0.05) is 6.42 Å². The maximum atomic E-state index is 11.0. The van der Waals surface area contributed by atoms with Crippen molar-refractivity contribution in [1.29, 1.82) is 0 Å². The molecule has 0 radical (unpaired) electrons. The lowest BCUT2D eigenvalue weighted by Gasteiger charge is -2.15. The monoisotopic (exact) mass is 406 g/mol. The van der Waals surface area contributed by atoms with E-state index in [-0.39, 0.29) is 12.1 Å². The SMILES string of the molecule is CC.CC.CC/C=C\C/C=C\C/C=C\CC(C)C1CCC(=O)O1.CC/C=C\CC. The Kier molecular flexibility index (Phi) is 31.7. The van der Waals surface area contributed by atoms with Gasteiger partial charge in [0.1, 0.15) is 6.10 Å². The van der Waals surface area contributed by atoms with Crippen LogP contribution in [0.15, 0.2) is 48.6 Å². The van der Waals surface area contributed by atoms with Crippen LogP contribution < -0.4 is 0 Å². The molecule has 0 aromatic rings. The van der Waals surface area contributed by atoms with E-state index in [1.165, 1.54) is 12.8 Å². The minimum absolute atomic E-state index is 0.0381. The zero-order valence-electron chi connectivity index (χ0n) is 20.7. The fourth-order valence-corrected chi connectivity index (χ4v) is 2.45. The lowest BCUT2D eigenvalue weighted by Crippen LogP contribution is -2.16. The van der Waals surface area contributed by atoms with Gasteiger partial charge in [0.05, 0.1) is 0 Å². The Morgan fingerprint density at radius 1 is 0.793 bits per heavy atom. The van der Waals surface area contributed by atoms with Crippen LogP contribution >= 0.6 is 0 Å². The van der Waals surface area contributed by atoms with Gasteiger partial charge in [-0.25, -0.2) is 0 Å². The predicted molar refractivity (Wildman–Crippen MR) is 132 cm³/mol. The molecular formula is C27H50O2. The van der Waals surface area contributed by atoms with E-state index < -0.39 is 0 Å². The molecule has 0 N–H and O–H groups in total. The Bertz CT molecular complexity index is 424. The smallest absolute Gasteiger partial charge is 0.306 e. The summed E-state index contributed by atoms with van der Waals surface area (Å²) in [5, 5.41) is 0. The van der Waals surface area contributed by atoms with E-state index in [0.29, 0.717) is 12.3 Å². The number of hydrogen-bond donors (Lipinski definition) is 0. The number of ether oxygens (including phenoxy) is 1. The first kappa shape index (κ1) is 32.1. The molecule has 2 atom stereocenters. The summed E-state index contributed by atoms with van der Waals surface area (Å²) in [5.41, 5.74) is 0. The molecule has 0 bridgehead atoms. The first-order valence-electron chi connectivity index (χ1n) is 11.9. The van der Waals surface area contributed by atoms with Crippen molar-refractivity contribution in [3.63, 3.8) is 0 Å². The van der Waals surface area contributed by atoms with Gasteiger partial charge in [-0.3, -0.25) is 4.79 Å². The van der Waals surface area contributed by atoms with Gasteiger partial charge in [0.2, 0.25) is 0 Å². The van der Waals surface area contributed by atoms with E-state index in [1.54, 1.807) is 0 Å². The average Bonchev–Trinajstić information content (AvgIpc) is 3.20. The standard InChI is InChI=1S/C17H26O2.C6H12.2C2H6/c1-3-4-5-6-7-8-9-10-11-12-15(2)16-13-14-17(18)19-16;1-3-5-6-4-2;2*1-2/h4-5,7-8,10-11,15-16H,3,6,9,12-14H2,1-2H3;5-6H,3-4H2,1-2H3;2*1-2H3/b5-4-,8-7-,11-10-;6-5-;;. The molecule has 170 valence electrons. The molecular weight excluding hydrogens is 356 g/mol. The van der Waals surface area contributed by atoms with Crippen molar-refractivity contribution >= 4 is 5.97 Å². The summed E-state index contributed by atoms with van der Waals surface area (Å²) in [5.74, 6) is 0.392. The van der Waals surface area contributed by atoms with E-state index in [4.69, 9.17) is 4.74 Å². The molecule has 1 aliphatic rings. The molecule has 1 fully saturated rings. The van der Waals surface area contributed by atoms with Crippen LogP contribution in [0.4, 0.5) is 0 Å². The van der Waals surface area contributed by atoms with Crippen LogP contribution in [0.3, 0.4) is 0 Å². The summed E-state index contributed by atoms with van der Waals surface area (Å²) in [6, 6.07) is 0. The second kappa shape index (κ2) is 28.6. The largest absolute Gasteiger partial charge is 0.462 e. The van der Waals surface area contributed by atoms with Crippen LogP contribution in [0.1, 0.15) is 107 Å². The number of carbonyl (C=O) groups excluding carboxylic acids is 1. The summed E-state index contributed by atoms with van der Waals surface area (Å²) in [7, 11) is 0. The summed E-state index contributed by atoms with van der Waals surface area (Å²) < 4.78 is 5.26. The van der Waals surface area contributed by atoms with Gasteiger partial charge in [-0.1, -0.05) is 104 Å². The zero-order chi connectivity index (χ0) is 22.8. The van der Waals surface area contributed by atoms with Crippen LogP contribution in [0.2, 0.25) is 0 Å². The number of esters is 1. The number of rotatable bonds is 10. The second-order valence-corrected chi connectivity index (χ2v) is 6.36. The number of allylic oxidation sites excluding steroid dienone is 8. The highest BCUT2D eigenvalue weighted by atomic mass is 16.5. The Morgan fingerprint density at radius 3 is 1.62 bits per heavy atom. The molecule has 0 saturated carbocycles. The quantitative estimate of drug-likeness (QED) is 0.267. The second-order valence-electron chi connectivity index (χ2n) is 6.36. The van der Waals surface area contributed by atoms with E-state index in [2.05, 4.69) is 76.3 Å². The molecule has 0 aliphatic carbocycles. The molecule has 2 nitrogen and oxygen atoms in total. The summed E-state index contributed by atoms with van der Waals surface area (Å²) in [6.07, 6.45) is 25.6. The molecule has 2 unspecified atom stereocenters. The third kappa shape index (κ3) is 24.4. The highest BCUT2D eigenvalue weighted by molar-refractivity contribution is 5.71. The van der Waals surface area contributed by atoms with Crippen LogP contribution in [-0.2, 0) is 9.53 Å². The van der Waals surface area contributed by atoms with Crippen LogP contribution in [0.5, 0.6) is 0 Å². The van der Waals surface area contributed by atoms with Gasteiger partial charge < -0.3 is 4.74 Å². The van der Waals surface area contributed by atoms with E-state index in [9.17, 15) is 4.79 Å². The summed E-state index contributed by atoms with van der Waals surface area (Å²) >= 11 is 0. The highest BCUT2D eigenvalue weighted by Crippen LogP contribution is 2.23. The fraction of sp³-hybridized carbons (Fsp3) is 0.667. The Balaban J connectivity index is -0.000000570. The van der Waals surface area contributed by atoms with Crippen LogP contribution in [-0.4, -0.2) is 12.1 Å². The normalized spacial score (nSPS) is 16.8. The third-order valence-corrected chi connectivity index (χ3v) is 3.98. The lowest BCUT2D eigenvalue weighted by atomic mass is 9.98. The van der Waals surface area contributed by atoms with Gasteiger partial charge in [0.15, 0.2) is 0 Å². The zero-order valence-corrected chi connectivity index (χ0v) is 20.7. The van der Waals surface area contributed by atoms with Gasteiger partial charge >= 0.3 is 5.97 Å². The van der Waals surface area contributed by atoms with Gasteiger partial charge in [-0.15, -0.1) is 0 Å². The lowest BCUT2D eigenvalue weighted by molar-refractivity contribution is -0.142. The maximum Gasteiger partial charge on any atom is 0.306 e. The van der Waals surface area contributed by atoms with Gasteiger partial charge in [-0.2, -0.15) is 0 Å². The first-order valence-corrected chi connectivity index (χ1v) is 11.9. The number of carbonyl (C=O) groups is 1. The minimum Gasteiger partial charge on any atom is -0.462 e. The van der Waals surface area contributed by atoms with Gasteiger partial charge in [-0.05, 0) is 50.9 Å². The topological polar surface area (TPSA) is 26.3 Å².